The smallest absolute Gasteiger partial charge is 0.238 e. The minimum atomic E-state index is 0.550. The Morgan fingerprint density at radius 1 is 0.290 bits per heavy atom. The molecule has 3 heterocycles. The highest BCUT2D eigenvalue weighted by Gasteiger charge is 2.26. The Hall–Kier alpha value is -8.41. The Balaban J connectivity index is 1.22. The molecular weight excluding hydrogens is 755 g/mol. The first-order valence-corrected chi connectivity index (χ1v) is 21.0. The monoisotopic (exact) mass is 791 g/mol. The molecule has 0 fully saturated rings. The van der Waals surface area contributed by atoms with Crippen molar-refractivity contribution in [1.82, 2.24) is 24.1 Å². The summed E-state index contributed by atoms with van der Waals surface area (Å²) in [6.07, 6.45) is 0. The molecule has 0 aliphatic rings. The summed E-state index contributed by atoms with van der Waals surface area (Å²) < 4.78 is 4.70. The summed E-state index contributed by atoms with van der Waals surface area (Å²) in [5.74, 6) is 1.76. The molecule has 9 aromatic carbocycles. The van der Waals surface area contributed by atoms with Crippen LogP contribution in [0.5, 0.6) is 0 Å². The molecule has 12 aromatic rings. The van der Waals surface area contributed by atoms with E-state index < -0.39 is 0 Å². The van der Waals surface area contributed by atoms with Gasteiger partial charge in [0, 0.05) is 38.4 Å². The van der Waals surface area contributed by atoms with Gasteiger partial charge >= 0.3 is 0 Å². The van der Waals surface area contributed by atoms with E-state index in [-0.39, 0.29) is 0 Å². The zero-order chi connectivity index (χ0) is 41.0. The molecule has 0 N–H and O–H groups in total. The van der Waals surface area contributed by atoms with Crippen molar-refractivity contribution in [3.05, 3.63) is 224 Å². The third-order valence-corrected chi connectivity index (χ3v) is 12.0. The highest BCUT2D eigenvalue weighted by atomic mass is 15.2. The number of para-hydroxylation sites is 3. The Bertz CT molecular complexity index is 3590. The van der Waals surface area contributed by atoms with E-state index in [9.17, 15) is 0 Å². The predicted molar refractivity (Wildman–Crippen MR) is 256 cm³/mol. The number of hydrogen-bond acceptors (Lipinski definition) is 3. The second kappa shape index (κ2) is 14.7. The number of fused-ring (bicyclic) bond motifs is 7. The third kappa shape index (κ3) is 5.90. The first-order chi connectivity index (χ1) is 30.8. The number of hydrogen-bond donors (Lipinski definition) is 0. The Kier molecular flexibility index (Phi) is 8.42. The highest BCUT2D eigenvalue weighted by molar-refractivity contribution is 6.28. The lowest BCUT2D eigenvalue weighted by atomic mass is 9.94. The lowest BCUT2D eigenvalue weighted by molar-refractivity contribution is 0.953. The summed E-state index contributed by atoms with van der Waals surface area (Å²) in [6.45, 7) is 0. The predicted octanol–water partition coefficient (Wildman–Crippen LogP) is 14.4. The van der Waals surface area contributed by atoms with Gasteiger partial charge in [0.1, 0.15) is 0 Å². The van der Waals surface area contributed by atoms with Gasteiger partial charge in [-0.25, -0.2) is 4.98 Å². The summed E-state index contributed by atoms with van der Waals surface area (Å²) in [5, 5.41) is 4.57. The maximum absolute atomic E-state index is 5.43. The Morgan fingerprint density at radius 3 is 1.42 bits per heavy atom. The molecule has 0 spiro atoms. The molecule has 0 aliphatic carbocycles. The fourth-order valence-electron chi connectivity index (χ4n) is 9.13. The Labute approximate surface area is 358 Å². The molecule has 3 aromatic heterocycles. The molecule has 0 bridgehead atoms. The Morgan fingerprint density at radius 2 is 0.758 bits per heavy atom. The summed E-state index contributed by atoms with van der Waals surface area (Å²) >= 11 is 0. The minimum Gasteiger partial charge on any atom is -0.307 e. The van der Waals surface area contributed by atoms with Gasteiger partial charge in [0.05, 0.1) is 22.1 Å². The van der Waals surface area contributed by atoms with Crippen LogP contribution in [-0.4, -0.2) is 24.1 Å². The fraction of sp³-hybridized carbons (Fsp3) is 0. The van der Waals surface area contributed by atoms with E-state index in [1.165, 1.54) is 16.5 Å². The normalized spacial score (nSPS) is 11.5. The van der Waals surface area contributed by atoms with Crippen LogP contribution in [0, 0.1) is 0 Å². The van der Waals surface area contributed by atoms with Crippen molar-refractivity contribution < 1.29 is 0 Å². The van der Waals surface area contributed by atoms with Gasteiger partial charge in [0.25, 0.3) is 0 Å². The van der Waals surface area contributed by atoms with Crippen LogP contribution in [0.15, 0.2) is 224 Å². The van der Waals surface area contributed by atoms with Gasteiger partial charge in [0.15, 0.2) is 11.6 Å². The van der Waals surface area contributed by atoms with Crippen LogP contribution in [0.3, 0.4) is 0 Å². The molecule has 5 heteroatoms. The van der Waals surface area contributed by atoms with Crippen LogP contribution >= 0.6 is 0 Å². The van der Waals surface area contributed by atoms with Crippen LogP contribution in [0.4, 0.5) is 0 Å². The molecule has 0 amide bonds. The van der Waals surface area contributed by atoms with E-state index in [4.69, 9.17) is 15.0 Å². The molecule has 0 atom stereocenters. The molecule has 62 heavy (non-hydrogen) atoms. The number of rotatable bonds is 7. The molecule has 0 saturated heterocycles. The lowest BCUT2D eigenvalue weighted by Crippen LogP contribution is -2.07. The van der Waals surface area contributed by atoms with Gasteiger partial charge in [0.2, 0.25) is 5.95 Å². The lowest BCUT2D eigenvalue weighted by Gasteiger charge is -2.15. The zero-order valence-corrected chi connectivity index (χ0v) is 33.6. The number of aromatic nitrogens is 5. The second-order valence-corrected chi connectivity index (χ2v) is 15.6. The second-order valence-electron chi connectivity index (χ2n) is 15.6. The zero-order valence-electron chi connectivity index (χ0n) is 33.6. The minimum absolute atomic E-state index is 0.550. The summed E-state index contributed by atoms with van der Waals surface area (Å²) in [4.78, 5) is 16.0. The average Bonchev–Trinajstić information content (AvgIpc) is 3.88. The molecule has 0 unspecified atom stereocenters. The van der Waals surface area contributed by atoms with Crippen LogP contribution in [-0.2, 0) is 0 Å². The first-order valence-electron chi connectivity index (χ1n) is 21.0. The van der Waals surface area contributed by atoms with Crippen molar-refractivity contribution >= 4 is 43.6 Å². The van der Waals surface area contributed by atoms with E-state index >= 15 is 0 Å². The van der Waals surface area contributed by atoms with Crippen molar-refractivity contribution in [2.75, 3.05) is 0 Å². The summed E-state index contributed by atoms with van der Waals surface area (Å²) in [6, 6.07) is 79.3. The summed E-state index contributed by atoms with van der Waals surface area (Å²) in [7, 11) is 0. The van der Waals surface area contributed by atoms with Crippen LogP contribution < -0.4 is 0 Å². The maximum Gasteiger partial charge on any atom is 0.238 e. The molecule has 5 nitrogen and oxygen atoms in total. The first kappa shape index (κ1) is 35.5. The van der Waals surface area contributed by atoms with E-state index in [2.05, 4.69) is 209 Å². The van der Waals surface area contributed by atoms with E-state index in [0.717, 1.165) is 77.3 Å². The number of benzene rings is 9. The van der Waals surface area contributed by atoms with E-state index in [1.54, 1.807) is 0 Å². The average molecular weight is 792 g/mol. The van der Waals surface area contributed by atoms with Crippen molar-refractivity contribution in [3.8, 4) is 67.8 Å². The molecular formula is C57H37N5. The van der Waals surface area contributed by atoms with Crippen molar-refractivity contribution in [2.24, 2.45) is 0 Å². The van der Waals surface area contributed by atoms with Gasteiger partial charge in [-0.3, -0.25) is 4.57 Å². The largest absolute Gasteiger partial charge is 0.307 e. The van der Waals surface area contributed by atoms with E-state index in [1.807, 2.05) is 24.3 Å². The SMILES string of the molecule is c1ccc(-c2ccc(-c3nc(-c4ccccc4)nc(-n4c5ccccc5c5c(-c6cccc(-c7ccccc7)c6)cc6c7ccccc7n(-c7ccccc7)c6c54)n3)cc2)cc1. The molecule has 0 radical (unpaired) electrons. The van der Waals surface area contributed by atoms with Gasteiger partial charge < -0.3 is 4.57 Å². The number of nitrogens with zero attached hydrogens (tertiary/aromatic N) is 5. The fourth-order valence-corrected chi connectivity index (χ4v) is 9.13. The van der Waals surface area contributed by atoms with Gasteiger partial charge in [-0.1, -0.05) is 188 Å². The maximum atomic E-state index is 5.43. The van der Waals surface area contributed by atoms with E-state index in [0.29, 0.717) is 17.6 Å². The van der Waals surface area contributed by atoms with Crippen LogP contribution in [0.1, 0.15) is 0 Å². The van der Waals surface area contributed by atoms with Gasteiger partial charge in [-0.05, 0) is 69.8 Å². The standard InChI is InChI=1S/C57H37N5/c1-5-18-38(19-6-1)40-32-34-42(35-33-40)56-58-55(41-22-9-3-10-23-41)59-57(60-56)62-51-31-16-14-29-47(51)52-48(44-25-17-24-43(36-44)39-20-7-2-8-21-39)37-49-46-28-13-15-30-50(46)61(53(49)54(52)62)45-26-11-4-12-27-45/h1-37H. The van der Waals surface area contributed by atoms with Gasteiger partial charge in [-0.15, -0.1) is 0 Å². The molecule has 290 valence electrons. The van der Waals surface area contributed by atoms with Gasteiger partial charge in [-0.2, -0.15) is 9.97 Å². The summed E-state index contributed by atoms with van der Waals surface area (Å²) in [5.41, 5.74) is 14.1. The third-order valence-electron chi connectivity index (χ3n) is 12.0. The molecule has 12 rings (SSSR count). The van der Waals surface area contributed by atoms with Crippen LogP contribution in [0.25, 0.3) is 111 Å². The van der Waals surface area contributed by atoms with Crippen molar-refractivity contribution in [2.45, 2.75) is 0 Å². The van der Waals surface area contributed by atoms with Crippen molar-refractivity contribution in [3.63, 3.8) is 0 Å². The van der Waals surface area contributed by atoms with Crippen molar-refractivity contribution in [1.29, 1.82) is 0 Å². The van der Waals surface area contributed by atoms with Crippen LogP contribution in [0.2, 0.25) is 0 Å². The quantitative estimate of drug-likeness (QED) is 0.162. The highest BCUT2D eigenvalue weighted by Crippen LogP contribution is 2.46. The molecule has 0 aliphatic heterocycles. The molecule has 0 saturated carbocycles. The topological polar surface area (TPSA) is 48.5 Å².